The summed E-state index contributed by atoms with van der Waals surface area (Å²) < 4.78 is 11.0. The Labute approximate surface area is 321 Å². The third kappa shape index (κ3) is 6.31. The number of fused-ring (bicyclic) bond motifs is 8. The van der Waals surface area contributed by atoms with Crippen molar-refractivity contribution < 1.29 is 29.9 Å². The molecular formula is C46H32N4O2Pd. The fourth-order valence-corrected chi connectivity index (χ4v) is 7.00. The first-order valence-corrected chi connectivity index (χ1v) is 17.1. The van der Waals surface area contributed by atoms with E-state index in [2.05, 4.69) is 97.1 Å². The molecule has 2 aliphatic rings. The number of rotatable bonds is 6. The van der Waals surface area contributed by atoms with Gasteiger partial charge in [0.25, 0.3) is 0 Å². The normalized spacial score (nSPS) is 11.7. The van der Waals surface area contributed by atoms with Crippen LogP contribution in [0.4, 0.5) is 0 Å². The molecule has 7 aromatic rings. The SMILES string of the molecule is COc1ccc(-c2c3nc(c(-c4ccccc4)c4ccc([n-]4)c(-c4ccc(OC)cc4)c4nc(c(-c5ccccc5)c5ccc2[n-]5)C=C4)C=C3)cc1.[Pd+2]. The Balaban J connectivity index is 0.00000400. The first-order chi connectivity index (χ1) is 25.7. The predicted octanol–water partition coefficient (Wildman–Crippen LogP) is 10.6. The first kappa shape index (κ1) is 33.9. The van der Waals surface area contributed by atoms with E-state index in [9.17, 15) is 0 Å². The van der Waals surface area contributed by atoms with Crippen LogP contribution < -0.4 is 19.4 Å². The third-order valence-corrected chi connectivity index (χ3v) is 9.49. The molecule has 5 heterocycles. The van der Waals surface area contributed by atoms with Crippen LogP contribution in [0.15, 0.2) is 133 Å². The van der Waals surface area contributed by atoms with E-state index in [1.54, 1.807) is 14.2 Å². The maximum absolute atomic E-state index is 5.50. The maximum Gasteiger partial charge on any atom is 2.00 e. The van der Waals surface area contributed by atoms with Gasteiger partial charge in [-0.25, -0.2) is 9.97 Å². The minimum absolute atomic E-state index is 0. The molecule has 0 amide bonds. The van der Waals surface area contributed by atoms with E-state index >= 15 is 0 Å². The van der Waals surface area contributed by atoms with E-state index in [0.29, 0.717) is 0 Å². The monoisotopic (exact) mass is 778 g/mol. The Kier molecular flexibility index (Phi) is 9.20. The number of hydrogen-bond donors (Lipinski definition) is 0. The van der Waals surface area contributed by atoms with E-state index in [-0.39, 0.29) is 20.4 Å². The van der Waals surface area contributed by atoms with Crippen LogP contribution in [0.2, 0.25) is 0 Å². The summed E-state index contributed by atoms with van der Waals surface area (Å²) in [6.45, 7) is 0. The Morgan fingerprint density at radius 2 is 0.642 bits per heavy atom. The molecule has 9 rings (SSSR count). The van der Waals surface area contributed by atoms with E-state index in [0.717, 1.165) is 101 Å². The van der Waals surface area contributed by atoms with Gasteiger partial charge in [0, 0.05) is 0 Å². The van der Waals surface area contributed by atoms with Gasteiger partial charge in [0.15, 0.2) is 0 Å². The Bertz CT molecular complexity index is 2490. The molecule has 0 unspecified atom stereocenters. The summed E-state index contributed by atoms with van der Waals surface area (Å²) in [6.07, 6.45) is 8.32. The fraction of sp³-hybridized carbons (Fsp3) is 0.0435. The third-order valence-electron chi connectivity index (χ3n) is 9.49. The van der Waals surface area contributed by atoms with Gasteiger partial charge in [-0.3, -0.25) is 0 Å². The average Bonchev–Trinajstić information content (AvgIpc) is 4.04. The molecule has 6 nitrogen and oxygen atoms in total. The van der Waals surface area contributed by atoms with Crippen molar-refractivity contribution in [2.24, 2.45) is 0 Å². The van der Waals surface area contributed by atoms with Gasteiger partial charge in [-0.1, -0.05) is 109 Å². The molecule has 8 bridgehead atoms. The van der Waals surface area contributed by atoms with Crippen molar-refractivity contribution in [1.82, 2.24) is 19.9 Å². The van der Waals surface area contributed by atoms with Crippen molar-refractivity contribution in [3.8, 4) is 56.0 Å². The number of methoxy groups -OCH3 is 2. The second kappa shape index (κ2) is 14.4. The molecule has 0 saturated heterocycles. The smallest absolute Gasteiger partial charge is 0.657 e. The summed E-state index contributed by atoms with van der Waals surface area (Å²) in [5.41, 5.74) is 14.3. The molecule has 0 fully saturated rings. The van der Waals surface area contributed by atoms with Gasteiger partial charge in [-0.05, 0) is 93.1 Å². The van der Waals surface area contributed by atoms with Gasteiger partial charge in [0.1, 0.15) is 11.5 Å². The van der Waals surface area contributed by atoms with Gasteiger partial charge < -0.3 is 19.4 Å². The molecule has 0 aliphatic carbocycles. The van der Waals surface area contributed by atoms with Gasteiger partial charge in [0.05, 0.1) is 37.0 Å². The van der Waals surface area contributed by atoms with Crippen molar-refractivity contribution in [3.63, 3.8) is 0 Å². The van der Waals surface area contributed by atoms with E-state index < -0.39 is 0 Å². The van der Waals surface area contributed by atoms with Crippen molar-refractivity contribution in [3.05, 3.63) is 156 Å². The topological polar surface area (TPSA) is 72.4 Å². The van der Waals surface area contributed by atoms with Gasteiger partial charge in [-0.15, -0.1) is 22.1 Å². The number of nitrogens with zero attached hydrogens (tertiary/aromatic N) is 4. The molecule has 3 aromatic heterocycles. The van der Waals surface area contributed by atoms with E-state index in [4.69, 9.17) is 29.4 Å². The molecule has 0 saturated carbocycles. The van der Waals surface area contributed by atoms with Crippen molar-refractivity contribution in [1.29, 1.82) is 0 Å². The molecule has 4 aromatic carbocycles. The van der Waals surface area contributed by atoms with Crippen LogP contribution in [0.3, 0.4) is 0 Å². The molecule has 7 heteroatoms. The molecule has 258 valence electrons. The van der Waals surface area contributed by atoms with Crippen LogP contribution in [0.25, 0.3) is 90.9 Å². The van der Waals surface area contributed by atoms with Crippen LogP contribution >= 0.6 is 0 Å². The average molecular weight is 779 g/mol. The van der Waals surface area contributed by atoms with Crippen LogP contribution in [0, 0.1) is 0 Å². The molecule has 0 radical (unpaired) electrons. The summed E-state index contributed by atoms with van der Waals surface area (Å²) in [6, 6.07) is 45.1. The van der Waals surface area contributed by atoms with Crippen LogP contribution in [-0.2, 0) is 20.4 Å². The molecule has 0 spiro atoms. The predicted molar refractivity (Wildman–Crippen MR) is 212 cm³/mol. The first-order valence-electron chi connectivity index (χ1n) is 17.1. The van der Waals surface area contributed by atoms with Gasteiger partial charge >= 0.3 is 20.4 Å². The minimum atomic E-state index is 0. The zero-order chi connectivity index (χ0) is 35.0. The van der Waals surface area contributed by atoms with Crippen molar-refractivity contribution in [2.45, 2.75) is 0 Å². The Hall–Kier alpha value is -6.26. The summed E-state index contributed by atoms with van der Waals surface area (Å²) >= 11 is 0. The maximum atomic E-state index is 5.50. The fourth-order valence-electron chi connectivity index (χ4n) is 7.00. The van der Waals surface area contributed by atoms with Crippen molar-refractivity contribution in [2.75, 3.05) is 14.2 Å². The summed E-state index contributed by atoms with van der Waals surface area (Å²) in [5, 5.41) is 0. The molecule has 53 heavy (non-hydrogen) atoms. The Morgan fingerprint density at radius 1 is 0.358 bits per heavy atom. The minimum Gasteiger partial charge on any atom is -0.657 e. The molecular weight excluding hydrogens is 747 g/mol. The number of hydrogen-bond acceptors (Lipinski definition) is 4. The van der Waals surface area contributed by atoms with Crippen LogP contribution in [0.5, 0.6) is 11.5 Å². The second-order valence-corrected chi connectivity index (χ2v) is 12.6. The number of ether oxygens (including phenoxy) is 2. The quantitative estimate of drug-likeness (QED) is 0.157. The van der Waals surface area contributed by atoms with Crippen molar-refractivity contribution >= 4 is 46.4 Å². The molecule has 2 aliphatic heterocycles. The standard InChI is InChI=1S/C46H32N4O2.Pd/c1-51-33-17-13-31(14-18-33)45-39-25-21-35(47-39)43(29-9-5-3-6-10-29)37-23-27-41(49-37)46(32-15-19-34(52-2)20-16-32)42-28-24-38(50-42)44(30-11-7-4-8-12-30)36-22-26-40(45)48-36;/h3-28H,1-2H3;/q-2;+2. The van der Waals surface area contributed by atoms with E-state index in [1.165, 1.54) is 0 Å². The molecule has 0 atom stereocenters. The zero-order valence-electron chi connectivity index (χ0n) is 28.9. The zero-order valence-corrected chi connectivity index (χ0v) is 30.5. The summed E-state index contributed by atoms with van der Waals surface area (Å²) in [7, 11) is 3.35. The summed E-state index contributed by atoms with van der Waals surface area (Å²) in [5.74, 6) is 1.57. The summed E-state index contributed by atoms with van der Waals surface area (Å²) in [4.78, 5) is 21.3. The van der Waals surface area contributed by atoms with Gasteiger partial charge in [-0.2, -0.15) is 0 Å². The van der Waals surface area contributed by atoms with E-state index in [1.807, 2.05) is 60.7 Å². The van der Waals surface area contributed by atoms with Crippen LogP contribution in [-0.4, -0.2) is 24.2 Å². The second-order valence-electron chi connectivity index (χ2n) is 12.6. The number of aromatic nitrogens is 4. The number of benzene rings is 4. The van der Waals surface area contributed by atoms with Crippen LogP contribution in [0.1, 0.15) is 22.8 Å². The molecule has 0 N–H and O–H groups in total. The Morgan fingerprint density at radius 3 is 0.925 bits per heavy atom. The van der Waals surface area contributed by atoms with Gasteiger partial charge in [0.2, 0.25) is 0 Å². The largest absolute Gasteiger partial charge is 2.00 e.